The van der Waals surface area contributed by atoms with Gasteiger partial charge in [0.25, 0.3) is 0 Å². The van der Waals surface area contributed by atoms with Crippen LogP contribution in [-0.4, -0.2) is 15.7 Å². The first kappa shape index (κ1) is 34.1. The van der Waals surface area contributed by atoms with Gasteiger partial charge in [-0.05, 0) is 70.3 Å². The first-order chi connectivity index (χ1) is 27.7. The van der Waals surface area contributed by atoms with Gasteiger partial charge in [-0.25, -0.2) is 9.97 Å². The minimum atomic E-state index is -0.249. The van der Waals surface area contributed by atoms with E-state index >= 15 is 0 Å². The van der Waals surface area contributed by atoms with Crippen LogP contribution in [0.3, 0.4) is 0 Å². The number of rotatable bonds is 7. The van der Waals surface area contributed by atoms with Crippen molar-refractivity contribution in [3.8, 4) is 45.0 Å². The number of fused-ring (bicyclic) bond motifs is 2. The average Bonchev–Trinajstić information content (AvgIpc) is 3.29. The summed E-state index contributed by atoms with van der Waals surface area (Å²) < 4.78 is 0. The highest BCUT2D eigenvalue weighted by Crippen LogP contribution is 2.50. The fourth-order valence-corrected chi connectivity index (χ4v) is 9.44. The van der Waals surface area contributed by atoms with Gasteiger partial charge in [-0.15, -0.1) is 0 Å². The number of hydrogen-bond acceptors (Lipinski definition) is 6. The quantitative estimate of drug-likeness (QED) is 0.176. The van der Waals surface area contributed by atoms with E-state index in [-0.39, 0.29) is 6.17 Å². The third-order valence-electron chi connectivity index (χ3n) is 10.0. The van der Waals surface area contributed by atoms with Crippen molar-refractivity contribution in [1.29, 1.82) is 0 Å². The summed E-state index contributed by atoms with van der Waals surface area (Å²) >= 11 is 3.67. The predicted molar refractivity (Wildman–Crippen MR) is 232 cm³/mol. The standard InChI is InChI=1S/C50H34N4S2/c1-5-15-33(16-6-1)41-31-43(53-49(51-41)35-19-9-3-10-20-35)38-25-27-39(37-26-28-47-48(30-37)56-46-24-14-13-23-45(46)55-47)40(29-38)44-32-42(34-17-7-2-8-18-34)52-50(54-44)36-21-11-4-12-22-36/h1-32,49,53H. The van der Waals surface area contributed by atoms with E-state index in [1.807, 2.05) is 59.9 Å². The molecule has 0 saturated carbocycles. The first-order valence-electron chi connectivity index (χ1n) is 18.6. The molecule has 2 aliphatic heterocycles. The lowest BCUT2D eigenvalue weighted by atomic mass is 9.92. The van der Waals surface area contributed by atoms with E-state index in [0.29, 0.717) is 5.82 Å². The molecule has 0 radical (unpaired) electrons. The molecule has 2 aliphatic rings. The van der Waals surface area contributed by atoms with Crippen LogP contribution < -0.4 is 5.32 Å². The van der Waals surface area contributed by atoms with Crippen molar-refractivity contribution in [2.75, 3.05) is 0 Å². The minimum Gasteiger partial charge on any atom is -0.360 e. The maximum atomic E-state index is 5.33. The van der Waals surface area contributed by atoms with Crippen molar-refractivity contribution in [2.45, 2.75) is 25.7 Å². The molecule has 7 aromatic carbocycles. The number of hydrogen-bond donors (Lipinski definition) is 1. The average molecular weight is 755 g/mol. The zero-order valence-electron chi connectivity index (χ0n) is 30.2. The summed E-state index contributed by atoms with van der Waals surface area (Å²) in [5, 5.41) is 3.78. The van der Waals surface area contributed by atoms with E-state index in [4.69, 9.17) is 15.0 Å². The first-order valence-corrected chi connectivity index (χ1v) is 20.3. The summed E-state index contributed by atoms with van der Waals surface area (Å²) in [6.45, 7) is 0. The van der Waals surface area contributed by atoms with Crippen molar-refractivity contribution >= 4 is 34.9 Å². The smallest absolute Gasteiger partial charge is 0.160 e. The van der Waals surface area contributed by atoms with Crippen LogP contribution in [0.1, 0.15) is 22.9 Å². The van der Waals surface area contributed by atoms with Crippen molar-refractivity contribution in [3.63, 3.8) is 0 Å². The third-order valence-corrected chi connectivity index (χ3v) is 12.5. The Kier molecular flexibility index (Phi) is 9.11. The van der Waals surface area contributed by atoms with E-state index in [1.54, 1.807) is 0 Å². The number of aromatic nitrogens is 2. The van der Waals surface area contributed by atoms with Gasteiger partial charge in [0.2, 0.25) is 0 Å². The SMILES string of the molecule is C1=C(c2ccc(-c3ccc4c(c3)Sc3ccccc3S4)c(-c3cc(-c4ccccc4)nc(-c4ccccc4)n3)c2)NC(c2ccccc2)N=C1c1ccccc1. The second-order valence-electron chi connectivity index (χ2n) is 13.7. The number of allylic oxidation sites excluding steroid dienone is 1. The Morgan fingerprint density at radius 3 is 1.70 bits per heavy atom. The van der Waals surface area contributed by atoms with Crippen molar-refractivity contribution in [2.24, 2.45) is 4.99 Å². The zero-order valence-corrected chi connectivity index (χ0v) is 31.8. The van der Waals surface area contributed by atoms with Gasteiger partial charge in [-0.2, -0.15) is 0 Å². The molecule has 3 heterocycles. The summed E-state index contributed by atoms with van der Waals surface area (Å²) in [7, 11) is 0. The molecule has 0 saturated heterocycles. The Bertz CT molecular complexity index is 2710. The summed E-state index contributed by atoms with van der Waals surface area (Å²) in [4.78, 5) is 20.8. The largest absolute Gasteiger partial charge is 0.360 e. The Balaban J connectivity index is 1.16. The number of aliphatic imine (C=N–C) groups is 1. The van der Waals surface area contributed by atoms with Gasteiger partial charge in [-0.3, -0.25) is 4.99 Å². The molecule has 0 bridgehead atoms. The maximum absolute atomic E-state index is 5.33. The molecule has 1 aromatic heterocycles. The van der Waals surface area contributed by atoms with Crippen LogP contribution in [0.5, 0.6) is 0 Å². The maximum Gasteiger partial charge on any atom is 0.160 e. The van der Waals surface area contributed by atoms with Gasteiger partial charge in [0.05, 0.1) is 17.1 Å². The van der Waals surface area contributed by atoms with Crippen LogP contribution in [0.2, 0.25) is 0 Å². The molecular formula is C50H34N4S2. The highest BCUT2D eigenvalue weighted by atomic mass is 32.2. The Morgan fingerprint density at radius 2 is 0.982 bits per heavy atom. The fraction of sp³-hybridized carbons (Fsp3) is 0.0200. The lowest BCUT2D eigenvalue weighted by Gasteiger charge is -2.25. The van der Waals surface area contributed by atoms with E-state index in [0.717, 1.165) is 67.3 Å². The zero-order chi connectivity index (χ0) is 37.3. The molecule has 1 N–H and O–H groups in total. The molecule has 6 heteroatoms. The van der Waals surface area contributed by atoms with E-state index < -0.39 is 0 Å². The van der Waals surface area contributed by atoms with Gasteiger partial charge in [0.1, 0.15) is 6.17 Å². The van der Waals surface area contributed by atoms with Crippen molar-refractivity contribution < 1.29 is 0 Å². The number of nitrogens with zero attached hydrogens (tertiary/aromatic N) is 3. The predicted octanol–water partition coefficient (Wildman–Crippen LogP) is 12.9. The summed E-state index contributed by atoms with van der Waals surface area (Å²) in [6.07, 6.45) is 1.92. The molecule has 0 spiro atoms. The van der Waals surface area contributed by atoms with Crippen LogP contribution in [0.25, 0.3) is 50.7 Å². The molecule has 56 heavy (non-hydrogen) atoms. The molecule has 8 aromatic rings. The van der Waals surface area contributed by atoms with Crippen molar-refractivity contribution in [3.05, 3.63) is 211 Å². The molecule has 4 nitrogen and oxygen atoms in total. The molecule has 266 valence electrons. The van der Waals surface area contributed by atoms with Crippen LogP contribution in [0, 0.1) is 0 Å². The molecule has 0 amide bonds. The summed E-state index contributed by atoms with van der Waals surface area (Å²) in [5.74, 6) is 0.685. The van der Waals surface area contributed by atoms with Gasteiger partial charge >= 0.3 is 0 Å². The molecule has 1 atom stereocenters. The number of benzene rings is 7. The lowest BCUT2D eigenvalue weighted by Crippen LogP contribution is -2.24. The van der Waals surface area contributed by atoms with Gasteiger partial charge in [0.15, 0.2) is 5.82 Å². The highest BCUT2D eigenvalue weighted by Gasteiger charge is 2.23. The third kappa shape index (κ3) is 6.85. The van der Waals surface area contributed by atoms with Crippen LogP contribution >= 0.6 is 23.5 Å². The fourth-order valence-electron chi connectivity index (χ4n) is 7.19. The molecular weight excluding hydrogens is 721 g/mol. The van der Waals surface area contributed by atoms with Crippen molar-refractivity contribution in [1.82, 2.24) is 15.3 Å². The van der Waals surface area contributed by atoms with E-state index in [1.165, 1.54) is 19.6 Å². The molecule has 10 rings (SSSR count). The lowest BCUT2D eigenvalue weighted by molar-refractivity contribution is 0.664. The monoisotopic (exact) mass is 754 g/mol. The van der Waals surface area contributed by atoms with Gasteiger partial charge < -0.3 is 5.32 Å². The van der Waals surface area contributed by atoms with Gasteiger partial charge in [-0.1, -0.05) is 175 Å². The highest BCUT2D eigenvalue weighted by molar-refractivity contribution is 8.05. The second-order valence-corrected chi connectivity index (χ2v) is 15.8. The normalized spacial score (nSPS) is 14.5. The second kappa shape index (κ2) is 15.0. The Morgan fingerprint density at radius 1 is 0.411 bits per heavy atom. The summed E-state index contributed by atoms with van der Waals surface area (Å²) in [6, 6.07) is 65.9. The Labute approximate surface area is 335 Å². The topological polar surface area (TPSA) is 50.2 Å². The molecule has 1 unspecified atom stereocenters. The van der Waals surface area contributed by atoms with Crippen LogP contribution in [0.15, 0.2) is 219 Å². The van der Waals surface area contributed by atoms with Crippen LogP contribution in [0.4, 0.5) is 0 Å². The Hall–Kier alpha value is -6.47. The van der Waals surface area contributed by atoms with Crippen LogP contribution in [-0.2, 0) is 0 Å². The minimum absolute atomic E-state index is 0.249. The molecule has 0 aliphatic carbocycles. The summed E-state index contributed by atoms with van der Waals surface area (Å²) in [5.41, 5.74) is 12.2. The van der Waals surface area contributed by atoms with E-state index in [9.17, 15) is 0 Å². The van der Waals surface area contributed by atoms with E-state index in [2.05, 4.69) is 163 Å². The number of nitrogens with one attached hydrogen (secondary N) is 1. The molecule has 0 fully saturated rings. The van der Waals surface area contributed by atoms with Gasteiger partial charge in [0, 0.05) is 42.0 Å².